The van der Waals surface area contributed by atoms with E-state index in [-0.39, 0.29) is 12.5 Å². The standard InChI is InChI=1S/C15H20N2O3/c1-15(2,9-16)14(20)17-8-11-6-4-3-5-10(11)7-12(17)13(18)19/h3-6,12H,7-9,16H2,1-2H3,(H,18,19)/t12-/m1/s1. The van der Waals surface area contributed by atoms with Crippen LogP contribution in [0.2, 0.25) is 0 Å². The number of fused-ring (bicyclic) bond motifs is 1. The lowest BCUT2D eigenvalue weighted by atomic mass is 9.87. The summed E-state index contributed by atoms with van der Waals surface area (Å²) in [6, 6.07) is 6.82. The molecule has 0 radical (unpaired) electrons. The Hall–Kier alpha value is -1.88. The lowest BCUT2D eigenvalue weighted by Gasteiger charge is -2.38. The monoisotopic (exact) mass is 276 g/mol. The van der Waals surface area contributed by atoms with Crippen molar-refractivity contribution in [1.29, 1.82) is 0 Å². The van der Waals surface area contributed by atoms with Crippen LogP contribution >= 0.6 is 0 Å². The second-order valence-corrected chi connectivity index (χ2v) is 5.85. The van der Waals surface area contributed by atoms with E-state index in [0.717, 1.165) is 11.1 Å². The molecule has 1 heterocycles. The molecular weight excluding hydrogens is 256 g/mol. The summed E-state index contributed by atoms with van der Waals surface area (Å²) in [7, 11) is 0. The van der Waals surface area contributed by atoms with E-state index < -0.39 is 17.4 Å². The number of carbonyl (C=O) groups excluding carboxylic acids is 1. The first-order valence-electron chi connectivity index (χ1n) is 6.67. The summed E-state index contributed by atoms with van der Waals surface area (Å²) in [6.07, 6.45) is 0.345. The molecule has 0 unspecified atom stereocenters. The Morgan fingerprint density at radius 3 is 2.50 bits per heavy atom. The summed E-state index contributed by atoms with van der Waals surface area (Å²) < 4.78 is 0. The number of carboxylic acid groups (broad SMARTS) is 1. The van der Waals surface area contributed by atoms with Gasteiger partial charge in [-0.25, -0.2) is 4.79 Å². The molecule has 108 valence electrons. The Labute approximate surface area is 118 Å². The van der Waals surface area contributed by atoms with E-state index in [1.165, 1.54) is 4.90 Å². The zero-order valence-corrected chi connectivity index (χ0v) is 11.8. The molecule has 0 fully saturated rings. The van der Waals surface area contributed by atoms with Crippen molar-refractivity contribution in [3.63, 3.8) is 0 Å². The smallest absolute Gasteiger partial charge is 0.326 e. The predicted octanol–water partition coefficient (Wildman–Crippen LogP) is 1.01. The van der Waals surface area contributed by atoms with Crippen molar-refractivity contribution in [2.45, 2.75) is 32.9 Å². The fourth-order valence-electron chi connectivity index (χ4n) is 2.43. The molecule has 0 saturated heterocycles. The first-order chi connectivity index (χ1) is 9.36. The molecule has 20 heavy (non-hydrogen) atoms. The van der Waals surface area contributed by atoms with Gasteiger partial charge in [-0.15, -0.1) is 0 Å². The van der Waals surface area contributed by atoms with Gasteiger partial charge in [-0.2, -0.15) is 0 Å². The van der Waals surface area contributed by atoms with Crippen LogP contribution in [0.4, 0.5) is 0 Å². The van der Waals surface area contributed by atoms with E-state index in [2.05, 4.69) is 0 Å². The van der Waals surface area contributed by atoms with E-state index in [4.69, 9.17) is 5.73 Å². The first kappa shape index (κ1) is 14.5. The van der Waals surface area contributed by atoms with Crippen molar-refractivity contribution in [1.82, 2.24) is 4.90 Å². The molecule has 2 rings (SSSR count). The molecule has 1 atom stereocenters. The summed E-state index contributed by atoms with van der Waals surface area (Å²) in [5.41, 5.74) is 6.89. The lowest BCUT2D eigenvalue weighted by molar-refractivity contribution is -0.155. The molecule has 0 aliphatic carbocycles. The minimum atomic E-state index is -0.972. The van der Waals surface area contributed by atoms with Crippen LogP contribution in [0.1, 0.15) is 25.0 Å². The first-order valence-corrected chi connectivity index (χ1v) is 6.67. The van der Waals surface area contributed by atoms with Crippen LogP contribution < -0.4 is 5.73 Å². The average Bonchev–Trinajstić information content (AvgIpc) is 2.44. The molecule has 1 aliphatic heterocycles. The molecule has 3 N–H and O–H groups in total. The fourth-order valence-corrected chi connectivity index (χ4v) is 2.43. The normalized spacial score (nSPS) is 18.6. The van der Waals surface area contributed by atoms with Gasteiger partial charge in [0.25, 0.3) is 0 Å². The maximum Gasteiger partial charge on any atom is 0.326 e. The van der Waals surface area contributed by atoms with Gasteiger partial charge in [-0.05, 0) is 25.0 Å². The van der Waals surface area contributed by atoms with E-state index in [1.54, 1.807) is 13.8 Å². The third kappa shape index (κ3) is 2.54. The van der Waals surface area contributed by atoms with Gasteiger partial charge in [-0.3, -0.25) is 4.79 Å². The Kier molecular flexibility index (Phi) is 3.81. The van der Waals surface area contributed by atoms with Crippen molar-refractivity contribution in [3.05, 3.63) is 35.4 Å². The van der Waals surface area contributed by atoms with Gasteiger partial charge in [0, 0.05) is 19.5 Å². The van der Waals surface area contributed by atoms with Crippen molar-refractivity contribution in [2.24, 2.45) is 11.1 Å². The van der Waals surface area contributed by atoms with Gasteiger partial charge in [0.15, 0.2) is 0 Å². The summed E-state index contributed by atoms with van der Waals surface area (Å²) >= 11 is 0. The largest absolute Gasteiger partial charge is 0.480 e. The van der Waals surface area contributed by atoms with Crippen molar-refractivity contribution in [3.8, 4) is 0 Å². The maximum absolute atomic E-state index is 12.6. The Bertz CT molecular complexity index is 540. The minimum Gasteiger partial charge on any atom is -0.480 e. The fraction of sp³-hybridized carbons (Fsp3) is 0.467. The zero-order valence-electron chi connectivity index (χ0n) is 11.8. The van der Waals surface area contributed by atoms with Crippen molar-refractivity contribution in [2.75, 3.05) is 6.54 Å². The Morgan fingerprint density at radius 1 is 1.35 bits per heavy atom. The molecule has 1 amide bonds. The topological polar surface area (TPSA) is 83.6 Å². The van der Waals surface area contributed by atoms with Crippen LogP contribution in [-0.4, -0.2) is 34.5 Å². The van der Waals surface area contributed by atoms with E-state index >= 15 is 0 Å². The molecule has 1 aliphatic rings. The molecule has 5 nitrogen and oxygen atoms in total. The van der Waals surface area contributed by atoms with Crippen molar-refractivity contribution >= 4 is 11.9 Å². The summed E-state index contributed by atoms with van der Waals surface area (Å²) in [5.74, 6) is -1.18. The molecule has 0 aromatic heterocycles. The molecule has 5 heteroatoms. The predicted molar refractivity (Wildman–Crippen MR) is 75.0 cm³/mol. The van der Waals surface area contributed by atoms with Crippen LogP contribution in [-0.2, 0) is 22.6 Å². The molecular formula is C15H20N2O3. The molecule has 0 spiro atoms. The number of nitrogens with zero attached hydrogens (tertiary/aromatic N) is 1. The van der Waals surface area contributed by atoms with E-state index in [1.807, 2.05) is 24.3 Å². The summed E-state index contributed by atoms with van der Waals surface area (Å²) in [6.45, 7) is 4.01. The summed E-state index contributed by atoms with van der Waals surface area (Å²) in [5, 5.41) is 9.40. The number of carboxylic acids is 1. The highest BCUT2D eigenvalue weighted by Crippen LogP contribution is 2.28. The molecule has 0 bridgehead atoms. The van der Waals surface area contributed by atoms with Gasteiger partial charge < -0.3 is 15.7 Å². The number of carbonyl (C=O) groups is 2. The van der Waals surface area contributed by atoms with Crippen LogP contribution in [0.3, 0.4) is 0 Å². The van der Waals surface area contributed by atoms with Crippen LogP contribution in [0.15, 0.2) is 24.3 Å². The molecule has 1 aromatic rings. The number of nitrogens with two attached hydrogens (primary N) is 1. The molecule has 0 saturated carbocycles. The number of hydrogen-bond donors (Lipinski definition) is 2. The van der Waals surface area contributed by atoms with Crippen LogP contribution in [0.25, 0.3) is 0 Å². The van der Waals surface area contributed by atoms with Gasteiger partial charge in [0.2, 0.25) is 5.91 Å². The maximum atomic E-state index is 12.6. The zero-order chi connectivity index (χ0) is 14.9. The van der Waals surface area contributed by atoms with Gasteiger partial charge in [-0.1, -0.05) is 24.3 Å². The highest BCUT2D eigenvalue weighted by Gasteiger charge is 2.39. The Balaban J connectivity index is 2.36. The average molecular weight is 276 g/mol. The minimum absolute atomic E-state index is 0.191. The second kappa shape index (κ2) is 5.25. The number of benzene rings is 1. The number of hydrogen-bond acceptors (Lipinski definition) is 3. The Morgan fingerprint density at radius 2 is 1.95 bits per heavy atom. The second-order valence-electron chi connectivity index (χ2n) is 5.85. The van der Waals surface area contributed by atoms with Crippen LogP contribution in [0, 0.1) is 5.41 Å². The third-order valence-electron chi connectivity index (χ3n) is 3.88. The SMILES string of the molecule is CC(C)(CN)C(=O)N1Cc2ccccc2C[C@@H]1C(=O)O. The number of amides is 1. The quantitative estimate of drug-likeness (QED) is 0.863. The van der Waals surface area contributed by atoms with Crippen molar-refractivity contribution < 1.29 is 14.7 Å². The van der Waals surface area contributed by atoms with Gasteiger partial charge >= 0.3 is 5.97 Å². The highest BCUT2D eigenvalue weighted by atomic mass is 16.4. The van der Waals surface area contributed by atoms with Gasteiger partial charge in [0.1, 0.15) is 6.04 Å². The number of rotatable bonds is 3. The highest BCUT2D eigenvalue weighted by molar-refractivity contribution is 5.88. The third-order valence-corrected chi connectivity index (χ3v) is 3.88. The van der Waals surface area contributed by atoms with Crippen LogP contribution in [0.5, 0.6) is 0 Å². The molecule has 1 aromatic carbocycles. The lowest BCUT2D eigenvalue weighted by Crippen LogP contribution is -2.54. The van der Waals surface area contributed by atoms with Gasteiger partial charge in [0.05, 0.1) is 5.41 Å². The number of aliphatic carboxylic acids is 1. The van der Waals surface area contributed by atoms with E-state index in [0.29, 0.717) is 13.0 Å². The van der Waals surface area contributed by atoms with E-state index in [9.17, 15) is 14.7 Å². The summed E-state index contributed by atoms with van der Waals surface area (Å²) in [4.78, 5) is 25.5.